The van der Waals surface area contributed by atoms with Crippen molar-refractivity contribution >= 4 is 33.3 Å². The number of hydrogen-bond acceptors (Lipinski definition) is 6. The van der Waals surface area contributed by atoms with Crippen molar-refractivity contribution in [1.82, 2.24) is 14.8 Å². The van der Waals surface area contributed by atoms with Gasteiger partial charge in [-0.3, -0.25) is 0 Å². The minimum absolute atomic E-state index is 0.0246. The lowest BCUT2D eigenvalue weighted by molar-refractivity contribution is -0.137. The number of nitrogen functional groups attached to an aromatic ring is 2. The van der Waals surface area contributed by atoms with Crippen LogP contribution in [0.1, 0.15) is 5.56 Å². The highest BCUT2D eigenvalue weighted by atomic mass is 35.5. The number of nitrogens with zero attached hydrogens (tertiary/aromatic N) is 3. The van der Waals surface area contributed by atoms with Crippen LogP contribution >= 0.6 is 11.6 Å². The average Bonchev–Trinajstić information content (AvgIpc) is 2.91. The van der Waals surface area contributed by atoms with Crippen LogP contribution in [0.5, 0.6) is 0 Å². The smallest absolute Gasteiger partial charge is 0.368 e. The Labute approximate surface area is 162 Å². The van der Waals surface area contributed by atoms with E-state index in [4.69, 9.17) is 23.1 Å². The highest BCUT2D eigenvalue weighted by molar-refractivity contribution is 7.90. The molecule has 7 nitrogen and oxygen atoms in total. The third-order valence-corrected chi connectivity index (χ3v) is 5.27. The fourth-order valence-corrected chi connectivity index (χ4v) is 3.58. The highest BCUT2D eigenvalue weighted by Gasteiger charge is 2.36. The van der Waals surface area contributed by atoms with E-state index in [1.807, 2.05) is 0 Å². The Balaban J connectivity index is 2.23. The van der Waals surface area contributed by atoms with Crippen LogP contribution in [0.3, 0.4) is 0 Å². The molecule has 2 aromatic carbocycles. The van der Waals surface area contributed by atoms with Gasteiger partial charge in [0.2, 0.25) is 11.9 Å². The van der Waals surface area contributed by atoms with Gasteiger partial charge in [-0.1, -0.05) is 23.7 Å². The van der Waals surface area contributed by atoms with E-state index < -0.39 is 21.6 Å². The molecule has 0 unspecified atom stereocenters. The van der Waals surface area contributed by atoms with Gasteiger partial charge >= 0.3 is 6.18 Å². The summed E-state index contributed by atoms with van der Waals surface area (Å²) in [4.78, 5) is 3.62. The molecule has 4 N–H and O–H groups in total. The Kier molecular flexibility index (Phi) is 4.76. The van der Waals surface area contributed by atoms with E-state index in [0.717, 1.165) is 17.0 Å². The van der Waals surface area contributed by atoms with Gasteiger partial charge in [0.15, 0.2) is 9.84 Å². The second kappa shape index (κ2) is 6.67. The molecule has 0 spiro atoms. The largest absolute Gasteiger partial charge is 0.417 e. The van der Waals surface area contributed by atoms with Gasteiger partial charge < -0.3 is 11.5 Å². The predicted octanol–water partition coefficient (Wildman–Crippen LogP) is 3.17. The molecule has 0 fully saturated rings. The molecule has 3 aromatic rings. The van der Waals surface area contributed by atoms with Crippen LogP contribution in [0, 0.1) is 0 Å². The summed E-state index contributed by atoms with van der Waals surface area (Å²) in [6, 6.07) is 7.00. The molecule has 0 radical (unpaired) electrons. The summed E-state index contributed by atoms with van der Waals surface area (Å²) in [5.41, 5.74) is 9.72. The number of sulfone groups is 1. The Bertz CT molecular complexity index is 1160. The van der Waals surface area contributed by atoms with Gasteiger partial charge in [0, 0.05) is 11.8 Å². The van der Waals surface area contributed by atoms with Crippen molar-refractivity contribution in [3.8, 4) is 16.8 Å². The van der Waals surface area contributed by atoms with E-state index in [9.17, 15) is 21.6 Å². The monoisotopic (exact) mass is 431 g/mol. The fourth-order valence-electron chi connectivity index (χ4n) is 2.63. The third-order valence-electron chi connectivity index (χ3n) is 3.84. The molecule has 3 rings (SSSR count). The average molecular weight is 432 g/mol. The molecule has 0 atom stereocenters. The molecule has 148 valence electrons. The van der Waals surface area contributed by atoms with E-state index in [1.54, 1.807) is 0 Å². The Hall–Kier alpha value is -2.79. The number of rotatable bonds is 3. The second-order valence-corrected chi connectivity index (χ2v) is 8.31. The SMILES string of the molecule is CS(=O)(=O)c1ccc(-c2c(Cl)cc(-n3nc(N)nc3N)cc2C(F)(F)F)cc1. The number of aromatic nitrogens is 3. The van der Waals surface area contributed by atoms with Gasteiger partial charge in [-0.15, -0.1) is 5.10 Å². The predicted molar refractivity (Wildman–Crippen MR) is 98.7 cm³/mol. The van der Waals surface area contributed by atoms with E-state index in [1.165, 1.54) is 30.3 Å². The zero-order valence-electron chi connectivity index (χ0n) is 14.2. The van der Waals surface area contributed by atoms with Crippen molar-refractivity contribution in [2.24, 2.45) is 0 Å². The molecular weight excluding hydrogens is 419 g/mol. The maximum absolute atomic E-state index is 13.7. The molecular formula is C16H13ClF3N5O2S. The van der Waals surface area contributed by atoms with Crippen molar-refractivity contribution in [3.63, 3.8) is 0 Å². The standard InChI is InChI=1S/C16H13ClF3N5O2S/c1-28(26,27)10-4-2-8(3-5-10)13-11(16(18,19)20)6-9(7-12(13)17)25-15(22)23-14(21)24-25/h2-7H,1H3,(H4,21,22,23,24). The molecule has 0 aliphatic carbocycles. The zero-order valence-corrected chi connectivity index (χ0v) is 15.8. The first-order chi connectivity index (χ1) is 12.9. The summed E-state index contributed by atoms with van der Waals surface area (Å²) in [5, 5.41) is 3.52. The van der Waals surface area contributed by atoms with Gasteiger partial charge in [-0.25, -0.2) is 8.42 Å². The molecule has 1 heterocycles. The van der Waals surface area contributed by atoms with Gasteiger partial charge in [0.05, 0.1) is 21.2 Å². The lowest BCUT2D eigenvalue weighted by Gasteiger charge is -2.17. The van der Waals surface area contributed by atoms with Gasteiger partial charge in [-0.05, 0) is 29.8 Å². The zero-order chi connectivity index (χ0) is 20.9. The van der Waals surface area contributed by atoms with Crippen molar-refractivity contribution in [2.75, 3.05) is 17.7 Å². The van der Waals surface area contributed by atoms with Gasteiger partial charge in [0.25, 0.3) is 0 Å². The maximum atomic E-state index is 13.7. The molecule has 0 aliphatic rings. The van der Waals surface area contributed by atoms with E-state index in [-0.39, 0.29) is 38.6 Å². The first kappa shape index (κ1) is 20.0. The van der Waals surface area contributed by atoms with Crippen LogP contribution in [0.4, 0.5) is 25.1 Å². The van der Waals surface area contributed by atoms with Crippen molar-refractivity contribution in [1.29, 1.82) is 0 Å². The minimum atomic E-state index is -4.76. The van der Waals surface area contributed by atoms with Gasteiger partial charge in [-0.2, -0.15) is 22.8 Å². The first-order valence-electron chi connectivity index (χ1n) is 7.57. The van der Waals surface area contributed by atoms with Crippen LogP contribution < -0.4 is 11.5 Å². The molecule has 0 saturated carbocycles. The summed E-state index contributed by atoms with van der Waals surface area (Å²) in [7, 11) is -3.50. The lowest BCUT2D eigenvalue weighted by atomic mass is 9.98. The second-order valence-electron chi connectivity index (χ2n) is 5.88. The number of anilines is 2. The van der Waals surface area contributed by atoms with Crippen LogP contribution in [-0.4, -0.2) is 29.4 Å². The van der Waals surface area contributed by atoms with E-state index in [0.29, 0.717) is 0 Å². The van der Waals surface area contributed by atoms with Crippen LogP contribution in [0.25, 0.3) is 16.8 Å². The Morgan fingerprint density at radius 2 is 1.71 bits per heavy atom. The lowest BCUT2D eigenvalue weighted by Crippen LogP contribution is -2.11. The van der Waals surface area contributed by atoms with E-state index in [2.05, 4.69) is 10.1 Å². The molecule has 0 saturated heterocycles. The quantitative estimate of drug-likeness (QED) is 0.657. The molecule has 28 heavy (non-hydrogen) atoms. The van der Waals surface area contributed by atoms with Crippen molar-refractivity contribution in [3.05, 3.63) is 47.0 Å². The van der Waals surface area contributed by atoms with Crippen LogP contribution in [-0.2, 0) is 16.0 Å². The van der Waals surface area contributed by atoms with Crippen molar-refractivity contribution < 1.29 is 21.6 Å². The highest BCUT2D eigenvalue weighted by Crippen LogP contribution is 2.42. The fraction of sp³-hybridized carbons (Fsp3) is 0.125. The minimum Gasteiger partial charge on any atom is -0.368 e. The van der Waals surface area contributed by atoms with Crippen LogP contribution in [0.15, 0.2) is 41.3 Å². The first-order valence-corrected chi connectivity index (χ1v) is 9.84. The third kappa shape index (κ3) is 3.76. The van der Waals surface area contributed by atoms with Crippen LogP contribution in [0.2, 0.25) is 5.02 Å². The van der Waals surface area contributed by atoms with Crippen molar-refractivity contribution in [2.45, 2.75) is 11.1 Å². The molecule has 12 heteroatoms. The molecule has 1 aromatic heterocycles. The van der Waals surface area contributed by atoms with Gasteiger partial charge in [0.1, 0.15) is 0 Å². The maximum Gasteiger partial charge on any atom is 0.417 e. The number of nitrogens with two attached hydrogens (primary N) is 2. The summed E-state index contributed by atoms with van der Waals surface area (Å²) in [6.45, 7) is 0. The number of alkyl halides is 3. The summed E-state index contributed by atoms with van der Waals surface area (Å²) < 4.78 is 65.3. The molecule has 0 amide bonds. The number of benzene rings is 2. The number of halogens is 4. The molecule has 0 bridgehead atoms. The number of hydrogen-bond donors (Lipinski definition) is 2. The normalized spacial score (nSPS) is 12.3. The summed E-state index contributed by atoms with van der Waals surface area (Å²) in [5.74, 6) is -0.408. The van der Waals surface area contributed by atoms with E-state index >= 15 is 0 Å². The summed E-state index contributed by atoms with van der Waals surface area (Å²) >= 11 is 6.16. The molecule has 0 aliphatic heterocycles. The Morgan fingerprint density at radius 3 is 2.18 bits per heavy atom. The Morgan fingerprint density at radius 1 is 1.11 bits per heavy atom. The topological polar surface area (TPSA) is 117 Å². The summed E-state index contributed by atoms with van der Waals surface area (Å²) in [6.07, 6.45) is -3.76.